The molecule has 1 aromatic rings. The molecule has 0 radical (unpaired) electrons. The summed E-state index contributed by atoms with van der Waals surface area (Å²) in [6, 6.07) is 2.38. The molecule has 17 heavy (non-hydrogen) atoms. The Hall–Kier alpha value is -0.320. The van der Waals surface area contributed by atoms with Crippen LogP contribution in [0.25, 0.3) is 0 Å². The van der Waals surface area contributed by atoms with Crippen molar-refractivity contribution in [2.45, 2.75) is 38.3 Å². The summed E-state index contributed by atoms with van der Waals surface area (Å²) in [5.41, 5.74) is 0.891. The predicted molar refractivity (Wildman–Crippen MR) is 73.6 cm³/mol. The molecule has 1 saturated heterocycles. The molecule has 94 valence electrons. The van der Waals surface area contributed by atoms with Crippen molar-refractivity contribution in [1.29, 1.82) is 0 Å². The Morgan fingerprint density at radius 3 is 3.24 bits per heavy atom. The smallest absolute Gasteiger partial charge is 0.152 e. The average molecular weight is 320 g/mol. The maximum absolute atomic E-state index is 6.06. The van der Waals surface area contributed by atoms with Crippen molar-refractivity contribution < 1.29 is 4.74 Å². The van der Waals surface area contributed by atoms with E-state index in [-0.39, 0.29) is 0 Å². The van der Waals surface area contributed by atoms with Crippen molar-refractivity contribution in [3.8, 4) is 0 Å². The third-order valence-corrected chi connectivity index (χ3v) is 3.72. The van der Waals surface area contributed by atoms with E-state index in [0.717, 1.165) is 36.0 Å². The van der Waals surface area contributed by atoms with Gasteiger partial charge in [-0.15, -0.1) is 0 Å². The van der Waals surface area contributed by atoms with Crippen LogP contribution in [0.3, 0.4) is 0 Å². The normalized spacial score (nSPS) is 24.6. The van der Waals surface area contributed by atoms with E-state index in [9.17, 15) is 0 Å². The summed E-state index contributed by atoms with van der Waals surface area (Å²) in [7, 11) is 0. The highest BCUT2D eigenvalue weighted by Crippen LogP contribution is 2.26. The molecule has 2 unspecified atom stereocenters. The highest BCUT2D eigenvalue weighted by atomic mass is 79.9. The lowest BCUT2D eigenvalue weighted by Crippen LogP contribution is -2.33. The van der Waals surface area contributed by atoms with Crippen molar-refractivity contribution in [2.75, 3.05) is 11.9 Å². The Morgan fingerprint density at radius 1 is 1.65 bits per heavy atom. The first-order valence-electron chi connectivity index (χ1n) is 5.88. The second kappa shape index (κ2) is 6.03. The zero-order valence-corrected chi connectivity index (χ0v) is 12.1. The third-order valence-electron chi connectivity index (χ3n) is 2.99. The second-order valence-corrected chi connectivity index (χ2v) is 5.53. The Balaban J connectivity index is 2.02. The van der Waals surface area contributed by atoms with Crippen molar-refractivity contribution in [3.05, 3.63) is 21.9 Å². The van der Waals surface area contributed by atoms with Crippen molar-refractivity contribution in [1.82, 2.24) is 4.98 Å². The molecule has 0 aromatic carbocycles. The summed E-state index contributed by atoms with van der Waals surface area (Å²) < 4.78 is 6.58. The van der Waals surface area contributed by atoms with Crippen LogP contribution < -0.4 is 5.32 Å². The Labute approximate surface area is 115 Å². The van der Waals surface area contributed by atoms with Gasteiger partial charge in [-0.3, -0.25) is 0 Å². The monoisotopic (exact) mass is 318 g/mol. The third kappa shape index (κ3) is 3.57. The Morgan fingerprint density at radius 2 is 2.47 bits per heavy atom. The topological polar surface area (TPSA) is 34.2 Å². The number of anilines is 1. The van der Waals surface area contributed by atoms with Crippen LogP contribution in [0.1, 0.15) is 26.2 Å². The number of hydrogen-bond acceptors (Lipinski definition) is 3. The first kappa shape index (κ1) is 13.1. The van der Waals surface area contributed by atoms with Crippen LogP contribution in [0.15, 0.2) is 16.7 Å². The van der Waals surface area contributed by atoms with Crippen molar-refractivity contribution >= 4 is 33.2 Å². The van der Waals surface area contributed by atoms with Crippen molar-refractivity contribution in [2.24, 2.45) is 0 Å². The summed E-state index contributed by atoms with van der Waals surface area (Å²) in [4.78, 5) is 4.11. The largest absolute Gasteiger partial charge is 0.380 e. The van der Waals surface area contributed by atoms with Gasteiger partial charge in [0.15, 0.2) is 5.15 Å². The molecule has 1 aliphatic heterocycles. The minimum Gasteiger partial charge on any atom is -0.380 e. The van der Waals surface area contributed by atoms with Gasteiger partial charge in [-0.1, -0.05) is 18.5 Å². The second-order valence-electron chi connectivity index (χ2n) is 4.26. The van der Waals surface area contributed by atoms with Gasteiger partial charge in [0.05, 0.1) is 11.8 Å². The number of nitrogens with one attached hydrogen (secondary N) is 1. The van der Waals surface area contributed by atoms with Gasteiger partial charge in [0.2, 0.25) is 0 Å². The summed E-state index contributed by atoms with van der Waals surface area (Å²) >= 11 is 9.46. The predicted octanol–water partition coefficient (Wildman–Crippen LogP) is 3.87. The van der Waals surface area contributed by atoms with Gasteiger partial charge in [0.1, 0.15) is 0 Å². The summed E-state index contributed by atoms with van der Waals surface area (Å²) in [6.45, 7) is 2.97. The van der Waals surface area contributed by atoms with E-state index >= 15 is 0 Å². The van der Waals surface area contributed by atoms with Crippen molar-refractivity contribution in [3.63, 3.8) is 0 Å². The minimum absolute atomic E-state index is 0.361. The average Bonchev–Trinajstić information content (AvgIpc) is 2.34. The molecule has 3 nitrogen and oxygen atoms in total. The fourth-order valence-electron chi connectivity index (χ4n) is 2.04. The van der Waals surface area contributed by atoms with E-state index in [1.54, 1.807) is 6.20 Å². The Kier molecular flexibility index (Phi) is 4.65. The SMILES string of the molecule is CCC1CC(Nc2cc(Br)cnc2Cl)CCO1. The number of halogens is 2. The molecule has 1 fully saturated rings. The van der Waals surface area contributed by atoms with Gasteiger partial charge in [-0.2, -0.15) is 0 Å². The number of nitrogens with zero attached hydrogens (tertiary/aromatic N) is 1. The number of rotatable bonds is 3. The highest BCUT2D eigenvalue weighted by Gasteiger charge is 2.21. The maximum Gasteiger partial charge on any atom is 0.152 e. The molecule has 0 amide bonds. The molecule has 2 rings (SSSR count). The highest BCUT2D eigenvalue weighted by molar-refractivity contribution is 9.10. The van der Waals surface area contributed by atoms with E-state index in [2.05, 4.69) is 33.2 Å². The quantitative estimate of drug-likeness (QED) is 0.859. The van der Waals surface area contributed by atoms with E-state index < -0.39 is 0 Å². The standard InChI is InChI=1S/C12H16BrClN2O/c1-2-10-6-9(3-4-17-10)16-11-5-8(13)7-15-12(11)14/h5,7,9-10,16H,2-4,6H2,1H3. The molecular weight excluding hydrogens is 304 g/mol. The van der Waals surface area contributed by atoms with Gasteiger partial charge in [-0.05, 0) is 41.3 Å². The fourth-order valence-corrected chi connectivity index (χ4v) is 2.53. The zero-order chi connectivity index (χ0) is 12.3. The van der Waals surface area contributed by atoms with Crippen LogP contribution in [0.5, 0.6) is 0 Å². The molecule has 1 N–H and O–H groups in total. The molecule has 0 spiro atoms. The van der Waals surface area contributed by atoms with Crippen LogP contribution in [-0.4, -0.2) is 23.7 Å². The van der Waals surface area contributed by atoms with Gasteiger partial charge in [0, 0.05) is 23.3 Å². The number of hydrogen-bond donors (Lipinski definition) is 1. The van der Waals surface area contributed by atoms with Crippen LogP contribution in [0, 0.1) is 0 Å². The molecule has 1 aliphatic rings. The molecule has 2 heterocycles. The number of aromatic nitrogens is 1. The number of pyridine rings is 1. The first-order chi connectivity index (χ1) is 8.19. The Bertz CT molecular complexity index is 389. The van der Waals surface area contributed by atoms with Gasteiger partial charge in [-0.25, -0.2) is 4.98 Å². The summed E-state index contributed by atoms with van der Waals surface area (Å²) in [6.07, 6.45) is 5.16. The molecule has 0 saturated carbocycles. The van der Waals surface area contributed by atoms with Gasteiger partial charge in [0.25, 0.3) is 0 Å². The van der Waals surface area contributed by atoms with Crippen LogP contribution in [0.4, 0.5) is 5.69 Å². The zero-order valence-electron chi connectivity index (χ0n) is 9.75. The first-order valence-corrected chi connectivity index (χ1v) is 7.05. The molecule has 2 atom stereocenters. The van der Waals surface area contributed by atoms with Crippen LogP contribution in [0.2, 0.25) is 5.15 Å². The lowest BCUT2D eigenvalue weighted by molar-refractivity contribution is 0.00925. The van der Waals surface area contributed by atoms with Gasteiger partial charge >= 0.3 is 0 Å². The lowest BCUT2D eigenvalue weighted by atomic mass is 10.0. The summed E-state index contributed by atoms with van der Waals surface area (Å²) in [5.74, 6) is 0. The van der Waals surface area contributed by atoms with E-state index in [4.69, 9.17) is 16.3 Å². The van der Waals surface area contributed by atoms with Crippen LogP contribution in [-0.2, 0) is 4.74 Å². The molecular formula is C12H16BrClN2O. The summed E-state index contributed by atoms with van der Waals surface area (Å²) in [5, 5.41) is 3.97. The molecule has 0 aliphatic carbocycles. The number of ether oxygens (including phenoxy) is 1. The van der Waals surface area contributed by atoms with E-state index in [1.807, 2.05) is 6.07 Å². The minimum atomic E-state index is 0.361. The maximum atomic E-state index is 6.06. The van der Waals surface area contributed by atoms with Crippen LogP contribution >= 0.6 is 27.5 Å². The molecule has 5 heteroatoms. The van der Waals surface area contributed by atoms with Gasteiger partial charge < -0.3 is 10.1 Å². The molecule has 0 bridgehead atoms. The fraction of sp³-hybridized carbons (Fsp3) is 0.583. The lowest BCUT2D eigenvalue weighted by Gasteiger charge is -2.30. The molecule has 1 aromatic heterocycles. The van der Waals surface area contributed by atoms with E-state index in [1.165, 1.54) is 0 Å². The van der Waals surface area contributed by atoms with E-state index in [0.29, 0.717) is 17.3 Å².